The Kier molecular flexibility index (Phi) is 4.65. The number of benzene rings is 1. The first-order valence-corrected chi connectivity index (χ1v) is 6.82. The Balaban J connectivity index is 2.44. The maximum absolute atomic E-state index is 14.4. The van der Waals surface area contributed by atoms with Gasteiger partial charge in [-0.25, -0.2) is 13.6 Å². The van der Waals surface area contributed by atoms with Gasteiger partial charge in [0.15, 0.2) is 5.82 Å². The van der Waals surface area contributed by atoms with Crippen LogP contribution in [-0.4, -0.2) is 27.3 Å². The number of anilines is 1. The second-order valence-corrected chi connectivity index (χ2v) is 5.08. The molecule has 0 saturated heterocycles. The number of carbonyl (C=O) groups is 3. The van der Waals surface area contributed by atoms with Crippen molar-refractivity contribution in [1.82, 2.24) is 4.57 Å². The van der Waals surface area contributed by atoms with Gasteiger partial charge in [0.25, 0.3) is 11.7 Å². The summed E-state index contributed by atoms with van der Waals surface area (Å²) >= 11 is 0. The normalized spacial score (nSPS) is 10.2. The lowest BCUT2D eigenvalue weighted by Crippen LogP contribution is -2.18. The fraction of sp³-hybridized carbons (Fsp3) is 0.125. The molecule has 0 saturated carbocycles. The highest BCUT2D eigenvalue weighted by Crippen LogP contribution is 2.23. The third kappa shape index (κ3) is 3.10. The smallest absolute Gasteiger partial charge is 0.378 e. The highest BCUT2D eigenvalue weighted by Gasteiger charge is 2.31. The fourth-order valence-electron chi connectivity index (χ4n) is 2.26. The molecule has 1 aromatic heterocycles. The molecule has 0 unspecified atom stereocenters. The molecule has 2 aromatic rings. The number of Topliss-reactive ketones (excluding diaryl/α,β-unsaturated/α-hetero) is 1. The van der Waals surface area contributed by atoms with E-state index >= 15 is 0 Å². The van der Waals surface area contributed by atoms with Gasteiger partial charge in [0.2, 0.25) is 0 Å². The number of nitrogens with zero attached hydrogens (tertiary/aromatic N) is 2. The molecule has 0 aliphatic rings. The van der Waals surface area contributed by atoms with Crippen LogP contribution in [0.25, 0.3) is 0 Å². The molecular formula is C16H11F2N3O4. The first-order valence-electron chi connectivity index (χ1n) is 6.82. The van der Waals surface area contributed by atoms with Crippen molar-refractivity contribution in [1.29, 1.82) is 5.26 Å². The van der Waals surface area contributed by atoms with Gasteiger partial charge in [-0.2, -0.15) is 5.26 Å². The molecule has 0 radical (unpaired) electrons. The highest BCUT2D eigenvalue weighted by molar-refractivity contribution is 6.39. The number of hydrogen-bond acceptors (Lipinski definition) is 4. The molecule has 128 valence electrons. The summed E-state index contributed by atoms with van der Waals surface area (Å²) < 4.78 is 28.7. The number of aliphatic carboxylic acids is 1. The van der Waals surface area contributed by atoms with Crippen molar-refractivity contribution in [2.24, 2.45) is 7.05 Å². The molecule has 7 nitrogen and oxygen atoms in total. The van der Waals surface area contributed by atoms with E-state index in [1.165, 1.54) is 20.0 Å². The number of rotatable bonds is 4. The van der Waals surface area contributed by atoms with Gasteiger partial charge in [-0.3, -0.25) is 9.59 Å². The Morgan fingerprint density at radius 3 is 2.48 bits per heavy atom. The van der Waals surface area contributed by atoms with Crippen molar-refractivity contribution in [3.63, 3.8) is 0 Å². The van der Waals surface area contributed by atoms with E-state index in [1.807, 2.05) is 0 Å². The third-order valence-electron chi connectivity index (χ3n) is 3.61. The molecule has 0 spiro atoms. The van der Waals surface area contributed by atoms with Crippen molar-refractivity contribution in [2.45, 2.75) is 6.92 Å². The first kappa shape index (κ1) is 17.8. The van der Waals surface area contributed by atoms with Gasteiger partial charge < -0.3 is 15.0 Å². The molecule has 2 N–H and O–H groups in total. The summed E-state index contributed by atoms with van der Waals surface area (Å²) in [5.74, 6) is -6.37. The lowest BCUT2D eigenvalue weighted by atomic mass is 10.1. The zero-order chi connectivity index (χ0) is 18.9. The highest BCUT2D eigenvalue weighted by atomic mass is 19.1. The second-order valence-electron chi connectivity index (χ2n) is 5.08. The van der Waals surface area contributed by atoms with Crippen LogP contribution < -0.4 is 5.32 Å². The molecule has 0 aliphatic heterocycles. The molecule has 9 heteroatoms. The lowest BCUT2D eigenvalue weighted by molar-refractivity contribution is -0.131. The standard InChI is InChI=1S/C16H11F2N3O4/c1-7-11(12(18)13(21(7)2)14(22)16(24)25)15(23)20-9-3-4-10(17)8(5-9)6-19/h3-5H,1-2H3,(H,20,23)(H,24,25). The van der Waals surface area contributed by atoms with Crippen molar-refractivity contribution in [3.05, 3.63) is 52.3 Å². The molecule has 1 aromatic carbocycles. The van der Waals surface area contributed by atoms with Crippen molar-refractivity contribution in [2.75, 3.05) is 5.32 Å². The quantitative estimate of drug-likeness (QED) is 0.649. The van der Waals surface area contributed by atoms with E-state index in [-0.39, 0.29) is 16.9 Å². The van der Waals surface area contributed by atoms with Crippen LogP contribution in [0, 0.1) is 29.9 Å². The Bertz CT molecular complexity index is 957. The minimum atomic E-state index is -1.86. The predicted molar refractivity (Wildman–Crippen MR) is 81.1 cm³/mol. The summed E-state index contributed by atoms with van der Waals surface area (Å²) in [5, 5.41) is 19.8. The van der Waals surface area contributed by atoms with Gasteiger partial charge in [-0.15, -0.1) is 0 Å². The molecule has 1 heterocycles. The number of ketones is 1. The second kappa shape index (κ2) is 6.52. The fourth-order valence-corrected chi connectivity index (χ4v) is 2.26. The molecule has 0 atom stereocenters. The van der Waals surface area contributed by atoms with Crippen LogP contribution in [0.4, 0.5) is 14.5 Å². The molecule has 0 bridgehead atoms. The number of carboxylic acid groups (broad SMARTS) is 1. The Morgan fingerprint density at radius 1 is 1.28 bits per heavy atom. The van der Waals surface area contributed by atoms with Crippen LogP contribution in [0.5, 0.6) is 0 Å². The summed E-state index contributed by atoms with van der Waals surface area (Å²) in [6.07, 6.45) is 0. The number of hydrogen-bond donors (Lipinski definition) is 2. The van der Waals surface area contributed by atoms with Crippen molar-refractivity contribution >= 4 is 23.3 Å². The third-order valence-corrected chi connectivity index (χ3v) is 3.61. The summed E-state index contributed by atoms with van der Waals surface area (Å²) in [4.78, 5) is 34.7. The van der Waals surface area contributed by atoms with E-state index in [9.17, 15) is 23.2 Å². The lowest BCUT2D eigenvalue weighted by Gasteiger charge is -2.06. The predicted octanol–water partition coefficient (Wildman–Crippen LogP) is 2.00. The van der Waals surface area contributed by atoms with Crippen molar-refractivity contribution < 1.29 is 28.3 Å². The first-order chi connectivity index (χ1) is 11.7. The van der Waals surface area contributed by atoms with Crippen LogP contribution in [0.1, 0.15) is 32.1 Å². The van der Waals surface area contributed by atoms with Gasteiger partial charge in [0.05, 0.1) is 11.1 Å². The number of amides is 1. The maximum atomic E-state index is 14.4. The van der Waals surface area contributed by atoms with E-state index in [1.54, 1.807) is 6.07 Å². The molecule has 2 rings (SSSR count). The number of nitrogens with one attached hydrogen (secondary N) is 1. The van der Waals surface area contributed by atoms with E-state index in [4.69, 9.17) is 10.4 Å². The summed E-state index contributed by atoms with van der Waals surface area (Å²) in [7, 11) is 1.25. The number of carbonyl (C=O) groups excluding carboxylic acids is 2. The minimum absolute atomic E-state index is 0.0298. The SMILES string of the molecule is Cc1c(C(=O)Nc2ccc(F)c(C#N)c2)c(F)c(C(=O)C(=O)O)n1C. The Morgan fingerprint density at radius 2 is 1.92 bits per heavy atom. The topological polar surface area (TPSA) is 112 Å². The minimum Gasteiger partial charge on any atom is -0.475 e. The largest absolute Gasteiger partial charge is 0.475 e. The van der Waals surface area contributed by atoms with Crippen LogP contribution in [-0.2, 0) is 11.8 Å². The number of nitriles is 1. The summed E-state index contributed by atoms with van der Waals surface area (Å²) in [6, 6.07) is 4.79. The zero-order valence-electron chi connectivity index (χ0n) is 13.1. The van der Waals surface area contributed by atoms with Gasteiger partial charge >= 0.3 is 5.97 Å². The van der Waals surface area contributed by atoms with Crippen LogP contribution >= 0.6 is 0 Å². The monoisotopic (exact) mass is 347 g/mol. The van der Waals surface area contributed by atoms with Crippen LogP contribution in [0.15, 0.2) is 18.2 Å². The van der Waals surface area contributed by atoms with E-state index in [0.717, 1.165) is 16.7 Å². The summed E-state index contributed by atoms with van der Waals surface area (Å²) in [5.41, 5.74) is -1.52. The average Bonchev–Trinajstić information content (AvgIpc) is 2.78. The molecular weight excluding hydrogens is 336 g/mol. The molecule has 0 aliphatic carbocycles. The summed E-state index contributed by atoms with van der Waals surface area (Å²) in [6.45, 7) is 1.34. The zero-order valence-corrected chi connectivity index (χ0v) is 13.1. The number of aromatic nitrogens is 1. The van der Waals surface area contributed by atoms with Gasteiger partial charge in [-0.05, 0) is 25.1 Å². The van der Waals surface area contributed by atoms with E-state index in [2.05, 4.69) is 5.32 Å². The van der Waals surface area contributed by atoms with Gasteiger partial charge in [0, 0.05) is 18.4 Å². The van der Waals surface area contributed by atoms with Crippen molar-refractivity contribution in [3.8, 4) is 6.07 Å². The van der Waals surface area contributed by atoms with E-state index < -0.39 is 40.6 Å². The Labute approximate surface area is 140 Å². The molecule has 1 amide bonds. The maximum Gasteiger partial charge on any atom is 0.378 e. The Hall–Kier alpha value is -3.54. The molecule has 25 heavy (non-hydrogen) atoms. The number of carboxylic acids is 1. The average molecular weight is 347 g/mol. The van der Waals surface area contributed by atoms with E-state index in [0.29, 0.717) is 0 Å². The number of halogens is 2. The van der Waals surface area contributed by atoms with Gasteiger partial charge in [0.1, 0.15) is 17.6 Å². The molecule has 0 fully saturated rings. The van der Waals surface area contributed by atoms with Gasteiger partial charge in [-0.1, -0.05) is 0 Å². The van der Waals surface area contributed by atoms with Crippen LogP contribution in [0.3, 0.4) is 0 Å². The van der Waals surface area contributed by atoms with Crippen LogP contribution in [0.2, 0.25) is 0 Å².